The van der Waals surface area contributed by atoms with Crippen molar-refractivity contribution < 1.29 is 4.74 Å². The summed E-state index contributed by atoms with van der Waals surface area (Å²) in [5.74, 6) is 1.38. The summed E-state index contributed by atoms with van der Waals surface area (Å²) in [6, 6.07) is 7.57. The van der Waals surface area contributed by atoms with Gasteiger partial charge in [0.05, 0.1) is 18.2 Å². The fraction of sp³-hybridized carbons (Fsp3) is 0.294. The van der Waals surface area contributed by atoms with Crippen LogP contribution in [-0.4, -0.2) is 16.7 Å². The van der Waals surface area contributed by atoms with Crippen LogP contribution < -0.4 is 10.3 Å². The highest BCUT2D eigenvalue weighted by Gasteiger charge is 2.23. The normalized spacial score (nSPS) is 13.5. The minimum absolute atomic E-state index is 0.0198. The second-order valence-corrected chi connectivity index (χ2v) is 6.59. The van der Waals surface area contributed by atoms with Gasteiger partial charge in [0.1, 0.15) is 16.4 Å². The van der Waals surface area contributed by atoms with Gasteiger partial charge in [0.25, 0.3) is 5.56 Å². The fourth-order valence-corrected chi connectivity index (χ4v) is 4.54. The smallest absolute Gasteiger partial charge is 0.267 e. The van der Waals surface area contributed by atoms with Crippen LogP contribution in [0.15, 0.2) is 29.1 Å². The maximum absolute atomic E-state index is 13.1. The van der Waals surface area contributed by atoms with Gasteiger partial charge in [-0.1, -0.05) is 12.1 Å². The van der Waals surface area contributed by atoms with E-state index in [1.165, 1.54) is 10.4 Å². The molecular formula is C17H16N2O2S. The molecule has 0 saturated heterocycles. The monoisotopic (exact) mass is 312 g/mol. The molecule has 0 aliphatic heterocycles. The van der Waals surface area contributed by atoms with Crippen LogP contribution in [0.3, 0.4) is 0 Å². The van der Waals surface area contributed by atoms with Crippen LogP contribution in [-0.2, 0) is 12.8 Å². The van der Waals surface area contributed by atoms with Crippen molar-refractivity contribution >= 4 is 21.6 Å². The standard InChI is InChI=1S/C17H16N2O2S/c1-10-18-16-15(11-6-5-9-14(11)22-16)17(20)19(10)12-7-3-4-8-13(12)21-2/h3-4,7-8H,5-6,9H2,1-2H3. The van der Waals surface area contributed by atoms with Crippen molar-refractivity contribution in [3.8, 4) is 11.4 Å². The predicted octanol–water partition coefficient (Wildman–Crippen LogP) is 3.25. The fourth-order valence-electron chi connectivity index (χ4n) is 3.24. The van der Waals surface area contributed by atoms with E-state index in [9.17, 15) is 4.79 Å². The number of aryl methyl sites for hydroxylation is 3. The number of benzene rings is 1. The Bertz CT molecular complexity index is 940. The average Bonchev–Trinajstić information content (AvgIpc) is 3.07. The molecule has 1 aliphatic carbocycles. The molecule has 4 nitrogen and oxygen atoms in total. The molecule has 22 heavy (non-hydrogen) atoms. The molecule has 4 rings (SSSR count). The van der Waals surface area contributed by atoms with Crippen molar-refractivity contribution in [2.24, 2.45) is 0 Å². The molecule has 1 aliphatic rings. The first-order chi connectivity index (χ1) is 10.7. The van der Waals surface area contributed by atoms with Gasteiger partial charge >= 0.3 is 0 Å². The van der Waals surface area contributed by atoms with Crippen LogP contribution in [0.1, 0.15) is 22.7 Å². The molecule has 3 aromatic rings. The predicted molar refractivity (Wildman–Crippen MR) is 88.5 cm³/mol. The molecule has 5 heteroatoms. The molecule has 1 aromatic carbocycles. The number of aromatic nitrogens is 2. The minimum Gasteiger partial charge on any atom is -0.495 e. The topological polar surface area (TPSA) is 44.1 Å². The Kier molecular flexibility index (Phi) is 3.04. The van der Waals surface area contributed by atoms with Crippen LogP contribution in [0.25, 0.3) is 15.9 Å². The Morgan fingerprint density at radius 1 is 1.27 bits per heavy atom. The average molecular weight is 312 g/mol. The lowest BCUT2D eigenvalue weighted by Gasteiger charge is -2.13. The van der Waals surface area contributed by atoms with E-state index in [2.05, 4.69) is 4.98 Å². The Morgan fingerprint density at radius 3 is 2.91 bits per heavy atom. The second-order valence-electron chi connectivity index (χ2n) is 5.51. The molecule has 0 spiro atoms. The number of rotatable bonds is 2. The molecule has 0 N–H and O–H groups in total. The lowest BCUT2D eigenvalue weighted by atomic mass is 10.2. The van der Waals surface area contributed by atoms with Crippen LogP contribution in [0.4, 0.5) is 0 Å². The summed E-state index contributed by atoms with van der Waals surface area (Å²) in [6.45, 7) is 1.87. The van der Waals surface area contributed by atoms with Crippen molar-refractivity contribution in [2.45, 2.75) is 26.2 Å². The number of thiophene rings is 1. The third-order valence-electron chi connectivity index (χ3n) is 4.23. The number of para-hydroxylation sites is 2. The van der Waals surface area contributed by atoms with Gasteiger partial charge in [-0.05, 0) is 43.9 Å². The molecule has 2 aromatic heterocycles. The molecular weight excluding hydrogens is 296 g/mol. The van der Waals surface area contributed by atoms with Gasteiger partial charge in [0.15, 0.2) is 0 Å². The van der Waals surface area contributed by atoms with E-state index in [4.69, 9.17) is 4.74 Å². The van der Waals surface area contributed by atoms with Gasteiger partial charge in [-0.25, -0.2) is 4.98 Å². The lowest BCUT2D eigenvalue weighted by molar-refractivity contribution is 0.412. The Labute approximate surface area is 132 Å². The summed E-state index contributed by atoms with van der Waals surface area (Å²) >= 11 is 1.67. The van der Waals surface area contributed by atoms with E-state index in [0.717, 1.165) is 35.2 Å². The first kappa shape index (κ1) is 13.5. The summed E-state index contributed by atoms with van der Waals surface area (Å²) in [5, 5.41) is 0.800. The SMILES string of the molecule is COc1ccccc1-n1c(C)nc2sc3c(c2c1=O)CCC3. The third-order valence-corrected chi connectivity index (χ3v) is 5.42. The first-order valence-corrected chi connectivity index (χ1v) is 8.19. The number of hydrogen-bond donors (Lipinski definition) is 0. The number of hydrogen-bond acceptors (Lipinski definition) is 4. The second kappa shape index (κ2) is 4.95. The molecule has 112 valence electrons. The van der Waals surface area contributed by atoms with Crippen LogP contribution >= 0.6 is 11.3 Å². The van der Waals surface area contributed by atoms with Gasteiger partial charge in [-0.2, -0.15) is 0 Å². The van der Waals surface area contributed by atoms with Crippen LogP contribution in [0.5, 0.6) is 5.75 Å². The molecule has 0 fully saturated rings. The minimum atomic E-state index is 0.0198. The van der Waals surface area contributed by atoms with E-state index in [-0.39, 0.29) is 5.56 Å². The van der Waals surface area contributed by atoms with Crippen molar-refractivity contribution in [3.63, 3.8) is 0 Å². The van der Waals surface area contributed by atoms with Crippen LogP contribution in [0.2, 0.25) is 0 Å². The first-order valence-electron chi connectivity index (χ1n) is 7.38. The maximum atomic E-state index is 13.1. The van der Waals surface area contributed by atoms with E-state index in [1.807, 2.05) is 31.2 Å². The van der Waals surface area contributed by atoms with Crippen molar-refractivity contribution in [2.75, 3.05) is 7.11 Å². The zero-order chi connectivity index (χ0) is 15.3. The number of ether oxygens (including phenoxy) is 1. The number of fused-ring (bicyclic) bond motifs is 3. The molecule has 0 bridgehead atoms. The molecule has 0 radical (unpaired) electrons. The Balaban J connectivity index is 2.08. The van der Waals surface area contributed by atoms with E-state index < -0.39 is 0 Å². The summed E-state index contributed by atoms with van der Waals surface area (Å²) in [6.07, 6.45) is 3.20. The quantitative estimate of drug-likeness (QED) is 0.729. The summed E-state index contributed by atoms with van der Waals surface area (Å²) in [4.78, 5) is 20.0. The highest BCUT2D eigenvalue weighted by atomic mass is 32.1. The Hall–Kier alpha value is -2.14. The van der Waals surface area contributed by atoms with Crippen molar-refractivity contribution in [1.29, 1.82) is 0 Å². The highest BCUT2D eigenvalue weighted by molar-refractivity contribution is 7.18. The molecule has 0 saturated carbocycles. The van der Waals surface area contributed by atoms with E-state index in [0.29, 0.717) is 11.6 Å². The van der Waals surface area contributed by atoms with Crippen LogP contribution in [0, 0.1) is 6.92 Å². The Morgan fingerprint density at radius 2 is 2.09 bits per heavy atom. The summed E-state index contributed by atoms with van der Waals surface area (Å²) < 4.78 is 7.08. The molecule has 2 heterocycles. The van der Waals surface area contributed by atoms with Gasteiger partial charge < -0.3 is 4.74 Å². The number of methoxy groups -OCH3 is 1. The van der Waals surface area contributed by atoms with E-state index in [1.54, 1.807) is 23.0 Å². The van der Waals surface area contributed by atoms with Crippen molar-refractivity contribution in [3.05, 3.63) is 50.9 Å². The third kappa shape index (κ3) is 1.82. The van der Waals surface area contributed by atoms with Gasteiger partial charge in [-0.3, -0.25) is 9.36 Å². The van der Waals surface area contributed by atoms with E-state index >= 15 is 0 Å². The van der Waals surface area contributed by atoms with Gasteiger partial charge in [0.2, 0.25) is 0 Å². The molecule has 0 amide bonds. The molecule has 0 atom stereocenters. The zero-order valence-electron chi connectivity index (χ0n) is 12.5. The maximum Gasteiger partial charge on any atom is 0.267 e. The number of nitrogens with zero attached hydrogens (tertiary/aromatic N) is 2. The van der Waals surface area contributed by atoms with Gasteiger partial charge in [-0.15, -0.1) is 11.3 Å². The summed E-state index contributed by atoms with van der Waals surface area (Å²) in [5.41, 5.74) is 1.98. The zero-order valence-corrected chi connectivity index (χ0v) is 13.4. The lowest BCUT2D eigenvalue weighted by Crippen LogP contribution is -2.22. The largest absolute Gasteiger partial charge is 0.495 e. The van der Waals surface area contributed by atoms with Gasteiger partial charge in [0, 0.05) is 4.88 Å². The molecule has 0 unspecified atom stereocenters. The van der Waals surface area contributed by atoms with Crippen molar-refractivity contribution in [1.82, 2.24) is 9.55 Å². The summed E-state index contributed by atoms with van der Waals surface area (Å²) in [7, 11) is 1.62. The highest BCUT2D eigenvalue weighted by Crippen LogP contribution is 2.35.